The smallest absolute Gasteiger partial charge is 0.254 e. The lowest BCUT2D eigenvalue weighted by molar-refractivity contribution is -0.122. The molecule has 1 aliphatic carbocycles. The van der Waals surface area contributed by atoms with Gasteiger partial charge in [0.2, 0.25) is 5.91 Å². The first kappa shape index (κ1) is 17.1. The van der Waals surface area contributed by atoms with Gasteiger partial charge in [-0.1, -0.05) is 6.42 Å². The zero-order valence-electron chi connectivity index (χ0n) is 14.5. The molecule has 25 heavy (non-hydrogen) atoms. The fourth-order valence-electron chi connectivity index (χ4n) is 2.74. The molecule has 6 nitrogen and oxygen atoms in total. The van der Waals surface area contributed by atoms with E-state index in [1.54, 1.807) is 48.5 Å². The molecule has 1 atom stereocenters. The molecule has 0 radical (unpaired) electrons. The van der Waals surface area contributed by atoms with Crippen LogP contribution in [0.2, 0.25) is 0 Å². The Hall–Kier alpha value is -2.76. The summed E-state index contributed by atoms with van der Waals surface area (Å²) in [6, 6.07) is 8.66. The number of hydrogen-bond donors (Lipinski definition) is 1. The molecule has 1 aromatic heterocycles. The zero-order valence-corrected chi connectivity index (χ0v) is 14.5. The number of nitrogens with one attached hydrogen (secondary N) is 1. The maximum Gasteiger partial charge on any atom is 0.254 e. The lowest BCUT2D eigenvalue weighted by atomic mass is 9.85. The number of benzene rings is 1. The van der Waals surface area contributed by atoms with Crippen LogP contribution in [-0.2, 0) is 4.79 Å². The molecule has 6 heteroatoms. The SMILES string of the molecule is C[C@H](c1ccncn1)N(C)C(=O)c1ccc(NC(=O)C2CCC2)cc1. The van der Waals surface area contributed by atoms with Crippen LogP contribution in [0.25, 0.3) is 0 Å². The van der Waals surface area contributed by atoms with E-state index in [0.717, 1.165) is 30.6 Å². The van der Waals surface area contributed by atoms with Crippen molar-refractivity contribution in [3.63, 3.8) is 0 Å². The molecule has 2 aromatic rings. The first-order chi connectivity index (χ1) is 12.1. The average Bonchev–Trinajstić information content (AvgIpc) is 2.59. The standard InChI is InChI=1S/C19H22N4O2/c1-13(17-10-11-20-12-21-17)23(2)19(25)15-6-8-16(9-7-15)22-18(24)14-4-3-5-14/h6-14H,3-5H2,1-2H3,(H,22,24)/t13-/m1/s1. The minimum Gasteiger partial charge on any atom is -0.333 e. The molecular weight excluding hydrogens is 316 g/mol. The summed E-state index contributed by atoms with van der Waals surface area (Å²) in [5.74, 6) is 0.115. The Balaban J connectivity index is 1.64. The Morgan fingerprint density at radius 1 is 1.20 bits per heavy atom. The highest BCUT2D eigenvalue weighted by Gasteiger charge is 2.25. The summed E-state index contributed by atoms with van der Waals surface area (Å²) in [7, 11) is 1.75. The highest BCUT2D eigenvalue weighted by Crippen LogP contribution is 2.27. The van der Waals surface area contributed by atoms with E-state index in [1.165, 1.54) is 6.33 Å². The summed E-state index contributed by atoms with van der Waals surface area (Å²) in [6.07, 6.45) is 6.20. The lowest BCUT2D eigenvalue weighted by Gasteiger charge is -2.25. The Kier molecular flexibility index (Phi) is 5.07. The molecule has 0 saturated heterocycles. The summed E-state index contributed by atoms with van der Waals surface area (Å²) in [4.78, 5) is 34.4. The normalized spacial score (nSPS) is 15.1. The summed E-state index contributed by atoms with van der Waals surface area (Å²) in [5, 5.41) is 2.91. The monoisotopic (exact) mass is 338 g/mol. The fraction of sp³-hybridized carbons (Fsp3) is 0.368. The van der Waals surface area contributed by atoms with E-state index in [-0.39, 0.29) is 23.8 Å². The van der Waals surface area contributed by atoms with Gasteiger partial charge in [-0.25, -0.2) is 9.97 Å². The predicted octanol–water partition coefficient (Wildman–Crippen LogP) is 3.05. The molecule has 130 valence electrons. The minimum absolute atomic E-state index is 0.0693. The molecule has 2 amide bonds. The summed E-state index contributed by atoms with van der Waals surface area (Å²) in [5.41, 5.74) is 2.08. The van der Waals surface area contributed by atoms with E-state index in [0.29, 0.717) is 5.56 Å². The molecule has 1 heterocycles. The molecule has 0 bridgehead atoms. The fourth-order valence-corrected chi connectivity index (χ4v) is 2.74. The molecule has 1 aliphatic rings. The second kappa shape index (κ2) is 7.42. The maximum absolute atomic E-state index is 12.7. The van der Waals surface area contributed by atoms with E-state index in [9.17, 15) is 9.59 Å². The van der Waals surface area contributed by atoms with Crippen LogP contribution in [-0.4, -0.2) is 33.7 Å². The number of anilines is 1. The average molecular weight is 338 g/mol. The first-order valence-corrected chi connectivity index (χ1v) is 8.50. The van der Waals surface area contributed by atoms with Gasteiger partial charge in [-0.05, 0) is 50.1 Å². The van der Waals surface area contributed by atoms with Gasteiger partial charge in [-0.2, -0.15) is 0 Å². The number of hydrogen-bond acceptors (Lipinski definition) is 4. The summed E-state index contributed by atoms with van der Waals surface area (Å²) >= 11 is 0. The van der Waals surface area contributed by atoms with Crippen LogP contribution in [0.1, 0.15) is 48.3 Å². The summed E-state index contributed by atoms with van der Waals surface area (Å²) < 4.78 is 0. The third-order valence-corrected chi connectivity index (χ3v) is 4.81. The van der Waals surface area contributed by atoms with E-state index >= 15 is 0 Å². The van der Waals surface area contributed by atoms with Gasteiger partial charge in [0.1, 0.15) is 6.33 Å². The van der Waals surface area contributed by atoms with Crippen molar-refractivity contribution >= 4 is 17.5 Å². The van der Waals surface area contributed by atoms with Gasteiger partial charge in [0, 0.05) is 30.4 Å². The third kappa shape index (κ3) is 3.84. The lowest BCUT2D eigenvalue weighted by Crippen LogP contribution is -2.30. The van der Waals surface area contributed by atoms with E-state index in [4.69, 9.17) is 0 Å². The number of carbonyl (C=O) groups is 2. The number of nitrogens with zero attached hydrogens (tertiary/aromatic N) is 3. The van der Waals surface area contributed by atoms with Crippen molar-refractivity contribution in [3.8, 4) is 0 Å². The number of amides is 2. The molecule has 1 fully saturated rings. The van der Waals surface area contributed by atoms with Crippen LogP contribution >= 0.6 is 0 Å². The Morgan fingerprint density at radius 2 is 1.92 bits per heavy atom. The van der Waals surface area contributed by atoms with Gasteiger partial charge < -0.3 is 10.2 Å². The maximum atomic E-state index is 12.7. The predicted molar refractivity (Wildman–Crippen MR) is 95.0 cm³/mol. The Labute approximate surface area is 147 Å². The van der Waals surface area contributed by atoms with Crippen molar-refractivity contribution in [1.82, 2.24) is 14.9 Å². The van der Waals surface area contributed by atoms with Gasteiger partial charge in [-0.3, -0.25) is 9.59 Å². The quantitative estimate of drug-likeness (QED) is 0.909. The van der Waals surface area contributed by atoms with Crippen molar-refractivity contribution in [2.45, 2.75) is 32.2 Å². The van der Waals surface area contributed by atoms with Gasteiger partial charge in [-0.15, -0.1) is 0 Å². The molecule has 0 spiro atoms. The second-order valence-corrected chi connectivity index (χ2v) is 6.42. The van der Waals surface area contributed by atoms with Crippen LogP contribution in [0.4, 0.5) is 5.69 Å². The van der Waals surface area contributed by atoms with Crippen molar-refractivity contribution in [2.75, 3.05) is 12.4 Å². The molecule has 3 rings (SSSR count). The van der Waals surface area contributed by atoms with Gasteiger partial charge >= 0.3 is 0 Å². The third-order valence-electron chi connectivity index (χ3n) is 4.81. The van der Waals surface area contributed by atoms with Crippen LogP contribution in [0.3, 0.4) is 0 Å². The van der Waals surface area contributed by atoms with Crippen LogP contribution in [0.5, 0.6) is 0 Å². The van der Waals surface area contributed by atoms with Gasteiger partial charge in [0.25, 0.3) is 5.91 Å². The number of aromatic nitrogens is 2. The topological polar surface area (TPSA) is 75.2 Å². The first-order valence-electron chi connectivity index (χ1n) is 8.50. The molecule has 1 N–H and O–H groups in total. The number of rotatable bonds is 5. The van der Waals surface area contributed by atoms with Gasteiger partial charge in [0.05, 0.1) is 11.7 Å². The van der Waals surface area contributed by atoms with E-state index < -0.39 is 0 Å². The summed E-state index contributed by atoms with van der Waals surface area (Å²) in [6.45, 7) is 1.92. The van der Waals surface area contributed by atoms with E-state index in [2.05, 4.69) is 15.3 Å². The van der Waals surface area contributed by atoms with Gasteiger partial charge in [0.15, 0.2) is 0 Å². The largest absolute Gasteiger partial charge is 0.333 e. The van der Waals surface area contributed by atoms with Crippen LogP contribution in [0, 0.1) is 5.92 Å². The zero-order chi connectivity index (χ0) is 17.8. The Morgan fingerprint density at radius 3 is 2.48 bits per heavy atom. The van der Waals surface area contributed by atoms with Crippen molar-refractivity contribution in [2.24, 2.45) is 5.92 Å². The van der Waals surface area contributed by atoms with Crippen LogP contribution < -0.4 is 5.32 Å². The van der Waals surface area contributed by atoms with Crippen molar-refractivity contribution in [3.05, 3.63) is 54.1 Å². The Bertz CT molecular complexity index is 742. The molecule has 0 aliphatic heterocycles. The molecular formula is C19H22N4O2. The molecule has 0 unspecified atom stereocenters. The van der Waals surface area contributed by atoms with E-state index in [1.807, 2.05) is 6.92 Å². The minimum atomic E-state index is -0.159. The highest BCUT2D eigenvalue weighted by atomic mass is 16.2. The second-order valence-electron chi connectivity index (χ2n) is 6.42. The molecule has 1 aromatic carbocycles. The van der Waals surface area contributed by atoms with Crippen molar-refractivity contribution < 1.29 is 9.59 Å². The highest BCUT2D eigenvalue weighted by molar-refractivity contribution is 5.96. The van der Waals surface area contributed by atoms with Crippen molar-refractivity contribution in [1.29, 1.82) is 0 Å². The molecule has 1 saturated carbocycles. The van der Waals surface area contributed by atoms with Crippen LogP contribution in [0.15, 0.2) is 42.9 Å². The number of carbonyl (C=O) groups excluding carboxylic acids is 2.